The number of halogens is 2. The molecule has 0 aliphatic heterocycles. The lowest BCUT2D eigenvalue weighted by Crippen LogP contribution is -2.13. The summed E-state index contributed by atoms with van der Waals surface area (Å²) in [6.45, 7) is 4.01. The summed E-state index contributed by atoms with van der Waals surface area (Å²) in [4.78, 5) is 12.1. The first kappa shape index (κ1) is 14.3. The molecule has 0 unspecified atom stereocenters. The van der Waals surface area contributed by atoms with E-state index in [9.17, 15) is 4.79 Å². The molecule has 0 fully saturated rings. The van der Waals surface area contributed by atoms with Crippen LogP contribution in [-0.4, -0.2) is 5.91 Å². The monoisotopic (exact) mass is 385 g/mol. The molecular formula is C15H13ClINO. The Morgan fingerprint density at radius 2 is 1.74 bits per heavy atom. The molecule has 0 spiro atoms. The van der Waals surface area contributed by atoms with E-state index in [0.717, 1.165) is 16.8 Å². The minimum Gasteiger partial charge on any atom is -0.322 e. The molecule has 4 heteroatoms. The molecule has 1 amide bonds. The van der Waals surface area contributed by atoms with Crippen LogP contribution in [0.5, 0.6) is 0 Å². The molecule has 0 aromatic heterocycles. The van der Waals surface area contributed by atoms with Crippen LogP contribution in [0.3, 0.4) is 0 Å². The van der Waals surface area contributed by atoms with Crippen molar-refractivity contribution in [1.29, 1.82) is 0 Å². The summed E-state index contributed by atoms with van der Waals surface area (Å²) in [5.74, 6) is -0.125. The first-order valence-electron chi connectivity index (χ1n) is 5.81. The van der Waals surface area contributed by atoms with E-state index in [1.165, 1.54) is 3.57 Å². The fraction of sp³-hybridized carbons (Fsp3) is 0.133. The maximum Gasteiger partial charge on any atom is 0.255 e. The second kappa shape index (κ2) is 5.92. The number of carbonyl (C=O) groups is 1. The van der Waals surface area contributed by atoms with E-state index in [-0.39, 0.29) is 5.91 Å². The van der Waals surface area contributed by atoms with Crippen molar-refractivity contribution in [3.63, 3.8) is 0 Å². The van der Waals surface area contributed by atoms with Crippen molar-refractivity contribution in [2.45, 2.75) is 13.8 Å². The Morgan fingerprint density at radius 3 is 2.37 bits per heavy atom. The van der Waals surface area contributed by atoms with Gasteiger partial charge in [-0.2, -0.15) is 0 Å². The molecule has 0 saturated carbocycles. The summed E-state index contributed by atoms with van der Waals surface area (Å²) in [5, 5.41) is 3.55. The molecule has 2 aromatic carbocycles. The van der Waals surface area contributed by atoms with Crippen molar-refractivity contribution in [2.75, 3.05) is 5.32 Å². The third-order valence-electron chi connectivity index (χ3n) is 2.86. The molecule has 2 rings (SSSR count). The molecule has 0 aliphatic rings. The van der Waals surface area contributed by atoms with Crippen molar-refractivity contribution >= 4 is 45.8 Å². The maximum atomic E-state index is 12.1. The zero-order chi connectivity index (χ0) is 14.0. The SMILES string of the molecule is Cc1cc(NC(=O)c2ccc(Cl)cc2)c(C)cc1I. The number of carbonyl (C=O) groups excluding carboxylic acids is 1. The van der Waals surface area contributed by atoms with Crippen molar-refractivity contribution in [3.05, 3.63) is 61.7 Å². The number of hydrogen-bond acceptors (Lipinski definition) is 1. The zero-order valence-electron chi connectivity index (χ0n) is 10.6. The molecule has 2 aromatic rings. The van der Waals surface area contributed by atoms with Crippen molar-refractivity contribution in [3.8, 4) is 0 Å². The van der Waals surface area contributed by atoms with E-state index in [2.05, 4.69) is 34.0 Å². The minimum atomic E-state index is -0.125. The normalized spacial score (nSPS) is 10.3. The Labute approximate surface area is 131 Å². The van der Waals surface area contributed by atoms with Crippen LogP contribution in [0.1, 0.15) is 21.5 Å². The first-order chi connectivity index (χ1) is 8.97. The fourth-order valence-corrected chi connectivity index (χ4v) is 2.46. The Hall–Kier alpha value is -1.07. The summed E-state index contributed by atoms with van der Waals surface area (Å²) in [6.07, 6.45) is 0. The second-order valence-corrected chi connectivity index (χ2v) is 5.98. The van der Waals surface area contributed by atoms with Gasteiger partial charge in [0.15, 0.2) is 0 Å². The average molecular weight is 386 g/mol. The molecule has 0 atom stereocenters. The highest BCUT2D eigenvalue weighted by Crippen LogP contribution is 2.22. The highest BCUT2D eigenvalue weighted by atomic mass is 127. The molecule has 1 N–H and O–H groups in total. The third kappa shape index (κ3) is 3.48. The molecule has 0 aliphatic carbocycles. The second-order valence-electron chi connectivity index (χ2n) is 4.38. The van der Waals surface area contributed by atoms with E-state index in [4.69, 9.17) is 11.6 Å². The van der Waals surface area contributed by atoms with Crippen LogP contribution in [0.2, 0.25) is 5.02 Å². The molecule has 98 valence electrons. The van der Waals surface area contributed by atoms with Gasteiger partial charge < -0.3 is 5.32 Å². The summed E-state index contributed by atoms with van der Waals surface area (Å²) in [5.41, 5.74) is 3.65. The number of hydrogen-bond donors (Lipinski definition) is 1. The third-order valence-corrected chi connectivity index (χ3v) is 4.27. The Bertz CT molecular complexity index is 623. The molecule has 0 radical (unpaired) electrons. The smallest absolute Gasteiger partial charge is 0.255 e. The summed E-state index contributed by atoms with van der Waals surface area (Å²) in [6, 6.07) is 10.9. The van der Waals surface area contributed by atoms with E-state index in [1.54, 1.807) is 24.3 Å². The van der Waals surface area contributed by atoms with E-state index in [1.807, 2.05) is 19.9 Å². The van der Waals surface area contributed by atoms with Gasteiger partial charge in [0.1, 0.15) is 0 Å². The Morgan fingerprint density at radius 1 is 1.11 bits per heavy atom. The van der Waals surface area contributed by atoms with Crippen LogP contribution >= 0.6 is 34.2 Å². The number of aryl methyl sites for hydroxylation is 2. The number of amides is 1. The lowest BCUT2D eigenvalue weighted by Gasteiger charge is -2.11. The summed E-state index contributed by atoms with van der Waals surface area (Å²) in [7, 11) is 0. The first-order valence-corrected chi connectivity index (χ1v) is 7.26. The number of anilines is 1. The van der Waals surface area contributed by atoms with Crippen LogP contribution in [0.25, 0.3) is 0 Å². The van der Waals surface area contributed by atoms with Crippen LogP contribution in [0.4, 0.5) is 5.69 Å². The quantitative estimate of drug-likeness (QED) is 0.738. The highest BCUT2D eigenvalue weighted by Gasteiger charge is 2.09. The van der Waals surface area contributed by atoms with Crippen LogP contribution in [0.15, 0.2) is 36.4 Å². The Balaban J connectivity index is 2.24. The van der Waals surface area contributed by atoms with Gasteiger partial charge in [-0.3, -0.25) is 4.79 Å². The Kier molecular flexibility index (Phi) is 4.47. The molecule has 19 heavy (non-hydrogen) atoms. The molecule has 2 nitrogen and oxygen atoms in total. The molecule has 0 saturated heterocycles. The number of nitrogens with one attached hydrogen (secondary N) is 1. The highest BCUT2D eigenvalue weighted by molar-refractivity contribution is 14.1. The van der Waals surface area contributed by atoms with Gasteiger partial charge in [0.05, 0.1) is 0 Å². The number of benzene rings is 2. The molecule has 0 bridgehead atoms. The van der Waals surface area contributed by atoms with E-state index in [0.29, 0.717) is 10.6 Å². The zero-order valence-corrected chi connectivity index (χ0v) is 13.5. The predicted octanol–water partition coefficient (Wildman–Crippen LogP) is 4.81. The summed E-state index contributed by atoms with van der Waals surface area (Å²) < 4.78 is 1.19. The van der Waals surface area contributed by atoms with Gasteiger partial charge in [-0.1, -0.05) is 11.6 Å². The molecular weight excluding hydrogens is 373 g/mol. The lowest BCUT2D eigenvalue weighted by atomic mass is 10.1. The topological polar surface area (TPSA) is 29.1 Å². The lowest BCUT2D eigenvalue weighted by molar-refractivity contribution is 0.102. The van der Waals surface area contributed by atoms with E-state index >= 15 is 0 Å². The largest absolute Gasteiger partial charge is 0.322 e. The number of rotatable bonds is 2. The van der Waals surface area contributed by atoms with Crippen LogP contribution in [0, 0.1) is 17.4 Å². The summed E-state index contributed by atoms with van der Waals surface area (Å²) >= 11 is 8.10. The van der Waals surface area contributed by atoms with E-state index < -0.39 is 0 Å². The van der Waals surface area contributed by atoms with Gasteiger partial charge in [-0.15, -0.1) is 0 Å². The van der Waals surface area contributed by atoms with Crippen LogP contribution in [-0.2, 0) is 0 Å². The maximum absolute atomic E-state index is 12.1. The standard InChI is InChI=1S/C15H13ClINO/c1-9-8-14(10(2)7-13(9)17)18-15(19)11-3-5-12(16)6-4-11/h3-8H,1-2H3,(H,18,19). The van der Waals surface area contributed by atoms with Crippen molar-refractivity contribution in [2.24, 2.45) is 0 Å². The van der Waals surface area contributed by atoms with Gasteiger partial charge in [0.2, 0.25) is 0 Å². The van der Waals surface area contributed by atoms with Gasteiger partial charge in [-0.05, 0) is 84.0 Å². The minimum absolute atomic E-state index is 0.125. The van der Waals surface area contributed by atoms with Gasteiger partial charge in [0, 0.05) is 19.8 Å². The van der Waals surface area contributed by atoms with Gasteiger partial charge in [-0.25, -0.2) is 0 Å². The van der Waals surface area contributed by atoms with Crippen molar-refractivity contribution in [1.82, 2.24) is 0 Å². The van der Waals surface area contributed by atoms with Gasteiger partial charge >= 0.3 is 0 Å². The van der Waals surface area contributed by atoms with Crippen LogP contribution < -0.4 is 5.32 Å². The average Bonchev–Trinajstić information content (AvgIpc) is 2.36. The predicted molar refractivity (Wildman–Crippen MR) is 88.0 cm³/mol. The fourth-order valence-electron chi connectivity index (χ4n) is 1.71. The van der Waals surface area contributed by atoms with Gasteiger partial charge in [0.25, 0.3) is 5.91 Å². The van der Waals surface area contributed by atoms with Crippen molar-refractivity contribution < 1.29 is 4.79 Å². The molecule has 0 heterocycles.